The zero-order valence-electron chi connectivity index (χ0n) is 10.2. The maximum atomic E-state index is 12.1. The molecular formula is C12H18N4O. The van der Waals surface area contributed by atoms with Crippen molar-refractivity contribution in [2.45, 2.75) is 19.0 Å². The molecule has 1 fully saturated rings. The first-order valence-corrected chi connectivity index (χ1v) is 5.78. The van der Waals surface area contributed by atoms with Gasteiger partial charge < -0.3 is 15.5 Å². The minimum Gasteiger partial charge on any atom is -0.328 e. The molecule has 0 bridgehead atoms. The van der Waals surface area contributed by atoms with E-state index in [4.69, 9.17) is 5.73 Å². The van der Waals surface area contributed by atoms with Gasteiger partial charge in [0.25, 0.3) is 0 Å². The summed E-state index contributed by atoms with van der Waals surface area (Å²) in [6, 6.07) is 4.12. The fourth-order valence-electron chi connectivity index (χ4n) is 2.13. The minimum absolute atomic E-state index is 0.0461. The second kappa shape index (κ2) is 4.71. The number of aromatic nitrogens is 1. The SMILES string of the molecule is CC(CN)N1CC(c2ccncc2)N(C)C1=O. The third kappa shape index (κ3) is 2.10. The van der Waals surface area contributed by atoms with Crippen molar-refractivity contribution in [1.29, 1.82) is 0 Å². The second-order valence-corrected chi connectivity index (χ2v) is 4.43. The second-order valence-electron chi connectivity index (χ2n) is 4.43. The molecule has 2 heterocycles. The smallest absolute Gasteiger partial charge is 0.320 e. The first-order valence-electron chi connectivity index (χ1n) is 5.78. The Morgan fingerprint density at radius 2 is 2.18 bits per heavy atom. The van der Waals surface area contributed by atoms with Crippen LogP contribution in [0.5, 0.6) is 0 Å². The van der Waals surface area contributed by atoms with Crippen LogP contribution in [0.15, 0.2) is 24.5 Å². The van der Waals surface area contributed by atoms with Crippen LogP contribution in [-0.4, -0.2) is 47.0 Å². The molecule has 5 nitrogen and oxygen atoms in total. The van der Waals surface area contributed by atoms with E-state index in [1.165, 1.54) is 0 Å². The predicted molar refractivity (Wildman–Crippen MR) is 65.4 cm³/mol. The number of hydrogen-bond donors (Lipinski definition) is 1. The number of nitrogens with zero attached hydrogens (tertiary/aromatic N) is 3. The van der Waals surface area contributed by atoms with E-state index in [0.717, 1.165) is 5.56 Å². The Kier molecular flexibility index (Phi) is 3.28. The number of hydrogen-bond acceptors (Lipinski definition) is 3. The molecule has 1 aromatic rings. The molecule has 0 saturated carbocycles. The molecule has 92 valence electrons. The van der Waals surface area contributed by atoms with Gasteiger partial charge in [0, 0.05) is 38.6 Å². The summed E-state index contributed by atoms with van der Waals surface area (Å²) >= 11 is 0. The molecule has 2 unspecified atom stereocenters. The van der Waals surface area contributed by atoms with Gasteiger partial charge in [0.15, 0.2) is 0 Å². The van der Waals surface area contributed by atoms with Gasteiger partial charge in [0.05, 0.1) is 6.04 Å². The maximum Gasteiger partial charge on any atom is 0.320 e. The predicted octanol–water partition coefficient (Wildman–Crippen LogP) is 0.837. The molecule has 0 radical (unpaired) electrons. The van der Waals surface area contributed by atoms with Crippen LogP contribution < -0.4 is 5.73 Å². The molecule has 1 saturated heterocycles. The molecule has 1 aromatic heterocycles. The van der Waals surface area contributed by atoms with E-state index < -0.39 is 0 Å². The van der Waals surface area contributed by atoms with E-state index in [1.807, 2.05) is 31.0 Å². The number of likely N-dealkylation sites (N-methyl/N-ethyl adjacent to an activating group) is 1. The van der Waals surface area contributed by atoms with Crippen LogP contribution >= 0.6 is 0 Å². The number of nitrogens with two attached hydrogens (primary N) is 1. The average molecular weight is 234 g/mol. The Labute approximate surface area is 101 Å². The Morgan fingerprint density at radius 1 is 1.53 bits per heavy atom. The lowest BCUT2D eigenvalue weighted by Crippen LogP contribution is -2.40. The van der Waals surface area contributed by atoms with Crippen molar-refractivity contribution >= 4 is 6.03 Å². The Morgan fingerprint density at radius 3 is 2.76 bits per heavy atom. The summed E-state index contributed by atoms with van der Waals surface area (Å²) in [5.74, 6) is 0. The number of pyridine rings is 1. The summed E-state index contributed by atoms with van der Waals surface area (Å²) in [5, 5.41) is 0. The lowest BCUT2D eigenvalue weighted by atomic mass is 10.1. The van der Waals surface area contributed by atoms with Crippen molar-refractivity contribution in [2.24, 2.45) is 5.73 Å². The van der Waals surface area contributed by atoms with E-state index in [0.29, 0.717) is 13.1 Å². The van der Waals surface area contributed by atoms with Crippen molar-refractivity contribution in [3.8, 4) is 0 Å². The van der Waals surface area contributed by atoms with Crippen LogP contribution in [0.2, 0.25) is 0 Å². The largest absolute Gasteiger partial charge is 0.328 e. The van der Waals surface area contributed by atoms with Gasteiger partial charge in [-0.15, -0.1) is 0 Å². The molecule has 0 aliphatic carbocycles. The first-order chi connectivity index (χ1) is 8.15. The molecule has 5 heteroatoms. The van der Waals surface area contributed by atoms with Crippen LogP contribution in [-0.2, 0) is 0 Å². The highest BCUT2D eigenvalue weighted by Crippen LogP contribution is 2.28. The van der Waals surface area contributed by atoms with E-state index in [9.17, 15) is 4.79 Å². The van der Waals surface area contributed by atoms with Gasteiger partial charge in [-0.2, -0.15) is 0 Å². The molecule has 2 atom stereocenters. The maximum absolute atomic E-state index is 12.1. The quantitative estimate of drug-likeness (QED) is 0.843. The van der Waals surface area contributed by atoms with Crippen LogP contribution in [0.3, 0.4) is 0 Å². The van der Waals surface area contributed by atoms with Gasteiger partial charge in [-0.25, -0.2) is 4.79 Å². The van der Waals surface area contributed by atoms with Gasteiger partial charge in [-0.1, -0.05) is 0 Å². The van der Waals surface area contributed by atoms with E-state index in [1.54, 1.807) is 17.3 Å². The molecule has 2 amide bonds. The number of carbonyl (C=O) groups is 1. The summed E-state index contributed by atoms with van der Waals surface area (Å²) in [4.78, 5) is 19.7. The molecule has 0 spiro atoms. The van der Waals surface area contributed by atoms with Gasteiger partial charge in [-0.3, -0.25) is 4.98 Å². The summed E-state index contributed by atoms with van der Waals surface area (Å²) in [6.45, 7) is 3.15. The van der Waals surface area contributed by atoms with Gasteiger partial charge in [-0.05, 0) is 24.6 Å². The standard InChI is InChI=1S/C12H18N4O/c1-9(7-13)16-8-11(15(2)12(16)17)10-3-5-14-6-4-10/h3-6,9,11H,7-8,13H2,1-2H3. The number of urea groups is 1. The highest BCUT2D eigenvalue weighted by molar-refractivity contribution is 5.77. The molecule has 0 aromatic carbocycles. The van der Waals surface area contributed by atoms with Crippen LogP contribution in [0.25, 0.3) is 0 Å². The zero-order valence-corrected chi connectivity index (χ0v) is 10.2. The summed E-state index contributed by atoms with van der Waals surface area (Å²) in [7, 11) is 1.83. The lowest BCUT2D eigenvalue weighted by Gasteiger charge is -2.21. The molecular weight excluding hydrogens is 216 g/mol. The number of rotatable bonds is 3. The van der Waals surface area contributed by atoms with Crippen molar-refractivity contribution in [3.63, 3.8) is 0 Å². The van der Waals surface area contributed by atoms with Crippen molar-refractivity contribution in [3.05, 3.63) is 30.1 Å². The number of carbonyl (C=O) groups excluding carboxylic acids is 1. The van der Waals surface area contributed by atoms with Crippen LogP contribution in [0, 0.1) is 0 Å². The van der Waals surface area contributed by atoms with Crippen molar-refractivity contribution in [1.82, 2.24) is 14.8 Å². The zero-order chi connectivity index (χ0) is 12.4. The lowest BCUT2D eigenvalue weighted by molar-refractivity contribution is 0.185. The van der Waals surface area contributed by atoms with E-state index in [2.05, 4.69) is 4.98 Å². The third-order valence-electron chi connectivity index (χ3n) is 3.35. The van der Waals surface area contributed by atoms with Crippen LogP contribution in [0.1, 0.15) is 18.5 Å². The highest BCUT2D eigenvalue weighted by Gasteiger charge is 2.37. The van der Waals surface area contributed by atoms with Crippen molar-refractivity contribution < 1.29 is 4.79 Å². The average Bonchev–Trinajstić information content (AvgIpc) is 2.67. The minimum atomic E-state index is 0.0461. The molecule has 17 heavy (non-hydrogen) atoms. The van der Waals surface area contributed by atoms with Crippen molar-refractivity contribution in [2.75, 3.05) is 20.1 Å². The molecule has 2 rings (SSSR count). The fourth-order valence-corrected chi connectivity index (χ4v) is 2.13. The topological polar surface area (TPSA) is 62.5 Å². The Bertz CT molecular complexity index is 395. The third-order valence-corrected chi connectivity index (χ3v) is 3.35. The molecule has 1 aliphatic heterocycles. The summed E-state index contributed by atoms with van der Waals surface area (Å²) in [6.07, 6.45) is 3.51. The molecule has 1 aliphatic rings. The Hall–Kier alpha value is -1.62. The van der Waals surface area contributed by atoms with Gasteiger partial charge in [0.1, 0.15) is 0 Å². The normalized spacial score (nSPS) is 22.1. The number of amides is 2. The van der Waals surface area contributed by atoms with Crippen LogP contribution in [0.4, 0.5) is 4.79 Å². The van der Waals surface area contributed by atoms with E-state index in [-0.39, 0.29) is 18.1 Å². The summed E-state index contributed by atoms with van der Waals surface area (Å²) < 4.78 is 0. The first kappa shape index (κ1) is 11.9. The fraction of sp³-hybridized carbons (Fsp3) is 0.500. The monoisotopic (exact) mass is 234 g/mol. The van der Waals surface area contributed by atoms with E-state index >= 15 is 0 Å². The Balaban J connectivity index is 2.20. The molecule has 2 N–H and O–H groups in total. The summed E-state index contributed by atoms with van der Waals surface area (Å²) in [5.41, 5.74) is 6.73. The van der Waals surface area contributed by atoms with Gasteiger partial charge >= 0.3 is 6.03 Å². The highest BCUT2D eigenvalue weighted by atomic mass is 16.2. The van der Waals surface area contributed by atoms with Gasteiger partial charge in [0.2, 0.25) is 0 Å².